The van der Waals surface area contributed by atoms with Crippen molar-refractivity contribution in [2.45, 2.75) is 13.0 Å². The van der Waals surface area contributed by atoms with Gasteiger partial charge in [-0.1, -0.05) is 41.9 Å². The number of carbonyl (C=O) groups excluding carboxylic acids is 1. The zero-order valence-electron chi connectivity index (χ0n) is 13.4. The SMILES string of the molecule is C[C@H](C(=O)Nc1ccccc1)n1ncc(-c2ccc(Cl)cc2)nc1=O. The number of nitrogens with one attached hydrogen (secondary N) is 1. The van der Waals surface area contributed by atoms with Crippen molar-refractivity contribution in [3.8, 4) is 11.3 Å². The number of rotatable bonds is 4. The average molecular weight is 355 g/mol. The molecule has 0 saturated carbocycles. The molecule has 1 atom stereocenters. The Bertz CT molecular complexity index is 939. The third-order valence-electron chi connectivity index (χ3n) is 3.64. The van der Waals surface area contributed by atoms with E-state index in [0.717, 1.165) is 10.2 Å². The van der Waals surface area contributed by atoms with Crippen LogP contribution in [0.4, 0.5) is 5.69 Å². The minimum Gasteiger partial charge on any atom is -0.324 e. The summed E-state index contributed by atoms with van der Waals surface area (Å²) in [4.78, 5) is 28.6. The Morgan fingerprint density at radius 1 is 1.12 bits per heavy atom. The van der Waals surface area contributed by atoms with Crippen molar-refractivity contribution >= 4 is 23.2 Å². The Hall–Kier alpha value is -2.99. The Kier molecular flexibility index (Phi) is 4.90. The molecule has 0 radical (unpaired) electrons. The third kappa shape index (κ3) is 3.92. The van der Waals surface area contributed by atoms with Crippen LogP contribution in [-0.2, 0) is 4.79 Å². The summed E-state index contributed by atoms with van der Waals surface area (Å²) < 4.78 is 1.05. The number of para-hydroxylation sites is 1. The van der Waals surface area contributed by atoms with E-state index in [2.05, 4.69) is 15.4 Å². The lowest BCUT2D eigenvalue weighted by Gasteiger charge is -2.13. The lowest BCUT2D eigenvalue weighted by atomic mass is 10.2. The number of hydrogen-bond donors (Lipinski definition) is 1. The van der Waals surface area contributed by atoms with Crippen LogP contribution in [0.1, 0.15) is 13.0 Å². The van der Waals surface area contributed by atoms with Gasteiger partial charge >= 0.3 is 5.69 Å². The van der Waals surface area contributed by atoms with E-state index < -0.39 is 11.7 Å². The molecule has 6 nitrogen and oxygen atoms in total. The zero-order valence-corrected chi connectivity index (χ0v) is 14.1. The van der Waals surface area contributed by atoms with Gasteiger partial charge in [0.1, 0.15) is 6.04 Å². The standard InChI is InChI=1S/C18H15ClN4O2/c1-12(17(24)21-15-5-3-2-4-6-15)23-18(25)22-16(11-20-23)13-7-9-14(19)10-8-13/h2-12H,1H3,(H,21,24)/t12-/m1/s1. The highest BCUT2D eigenvalue weighted by molar-refractivity contribution is 6.30. The summed E-state index contributed by atoms with van der Waals surface area (Å²) in [6, 6.07) is 15.1. The van der Waals surface area contributed by atoms with E-state index in [1.807, 2.05) is 18.2 Å². The number of aromatic nitrogens is 3. The summed E-state index contributed by atoms with van der Waals surface area (Å²) in [5, 5.41) is 7.42. The predicted molar refractivity (Wildman–Crippen MR) is 96.5 cm³/mol. The van der Waals surface area contributed by atoms with Gasteiger partial charge in [0.05, 0.1) is 11.9 Å². The molecule has 3 rings (SSSR count). The highest BCUT2D eigenvalue weighted by atomic mass is 35.5. The largest absolute Gasteiger partial charge is 0.365 e. The first-order valence-electron chi connectivity index (χ1n) is 7.62. The Morgan fingerprint density at radius 2 is 1.80 bits per heavy atom. The summed E-state index contributed by atoms with van der Waals surface area (Å²) in [6.07, 6.45) is 1.46. The highest BCUT2D eigenvalue weighted by Crippen LogP contribution is 2.18. The van der Waals surface area contributed by atoms with Crippen LogP contribution in [0.3, 0.4) is 0 Å². The molecule has 0 aliphatic carbocycles. The molecule has 1 aromatic heterocycles. The predicted octanol–water partition coefficient (Wildman–Crippen LogP) is 3.16. The lowest BCUT2D eigenvalue weighted by Crippen LogP contribution is -2.34. The highest BCUT2D eigenvalue weighted by Gasteiger charge is 2.18. The number of nitrogens with zero attached hydrogens (tertiary/aromatic N) is 3. The number of halogens is 1. The molecule has 0 saturated heterocycles. The van der Waals surface area contributed by atoms with Gasteiger partial charge in [-0.15, -0.1) is 0 Å². The van der Waals surface area contributed by atoms with E-state index in [0.29, 0.717) is 16.4 Å². The quantitative estimate of drug-likeness (QED) is 0.780. The first kappa shape index (κ1) is 16.9. The molecule has 25 heavy (non-hydrogen) atoms. The number of benzene rings is 2. The topological polar surface area (TPSA) is 76.9 Å². The average Bonchev–Trinajstić information content (AvgIpc) is 2.62. The van der Waals surface area contributed by atoms with Crippen LogP contribution in [-0.4, -0.2) is 20.7 Å². The molecule has 0 unspecified atom stereocenters. The summed E-state index contributed by atoms with van der Waals surface area (Å²) in [6.45, 7) is 1.59. The molecule has 0 aliphatic rings. The smallest absolute Gasteiger partial charge is 0.324 e. The van der Waals surface area contributed by atoms with E-state index in [1.54, 1.807) is 43.3 Å². The van der Waals surface area contributed by atoms with E-state index in [9.17, 15) is 9.59 Å². The van der Waals surface area contributed by atoms with E-state index >= 15 is 0 Å². The summed E-state index contributed by atoms with van der Waals surface area (Å²) in [5.74, 6) is -0.346. The van der Waals surface area contributed by atoms with Crippen LogP contribution in [0.2, 0.25) is 5.02 Å². The Morgan fingerprint density at radius 3 is 2.44 bits per heavy atom. The van der Waals surface area contributed by atoms with Crippen LogP contribution in [0.15, 0.2) is 65.6 Å². The minimum absolute atomic E-state index is 0.346. The molecule has 0 spiro atoms. The van der Waals surface area contributed by atoms with Crippen molar-refractivity contribution in [2.75, 3.05) is 5.32 Å². The molecular formula is C18H15ClN4O2. The monoisotopic (exact) mass is 354 g/mol. The van der Waals surface area contributed by atoms with Crippen LogP contribution >= 0.6 is 11.6 Å². The second-order valence-electron chi connectivity index (χ2n) is 5.41. The first-order chi connectivity index (χ1) is 12.0. The van der Waals surface area contributed by atoms with Crippen molar-refractivity contribution in [2.24, 2.45) is 0 Å². The van der Waals surface area contributed by atoms with E-state index in [1.165, 1.54) is 6.20 Å². The van der Waals surface area contributed by atoms with Gasteiger partial charge in [0.15, 0.2) is 0 Å². The van der Waals surface area contributed by atoms with Gasteiger partial charge in [0.25, 0.3) is 0 Å². The summed E-state index contributed by atoms with van der Waals surface area (Å²) >= 11 is 5.85. The maximum atomic E-state index is 12.3. The molecule has 0 fully saturated rings. The molecule has 1 amide bonds. The van der Waals surface area contributed by atoms with Crippen molar-refractivity contribution in [3.05, 3.63) is 76.3 Å². The van der Waals surface area contributed by atoms with Crippen LogP contribution in [0.5, 0.6) is 0 Å². The summed E-state index contributed by atoms with van der Waals surface area (Å²) in [5.41, 5.74) is 1.21. The number of hydrogen-bond acceptors (Lipinski definition) is 4. The molecule has 0 aliphatic heterocycles. The van der Waals surface area contributed by atoms with E-state index in [-0.39, 0.29) is 5.91 Å². The molecule has 1 N–H and O–H groups in total. The fraction of sp³-hybridized carbons (Fsp3) is 0.111. The van der Waals surface area contributed by atoms with Gasteiger partial charge in [-0.2, -0.15) is 10.1 Å². The number of amides is 1. The number of carbonyl (C=O) groups is 1. The summed E-state index contributed by atoms with van der Waals surface area (Å²) in [7, 11) is 0. The second kappa shape index (κ2) is 7.27. The normalized spacial score (nSPS) is 11.8. The molecule has 7 heteroatoms. The van der Waals surface area contributed by atoms with Crippen molar-refractivity contribution in [1.82, 2.24) is 14.8 Å². The number of anilines is 1. The molecule has 0 bridgehead atoms. The van der Waals surface area contributed by atoms with Crippen LogP contribution < -0.4 is 11.0 Å². The fourth-order valence-corrected chi connectivity index (χ4v) is 2.38. The van der Waals surface area contributed by atoms with Gasteiger partial charge < -0.3 is 5.32 Å². The van der Waals surface area contributed by atoms with Gasteiger partial charge in [-0.3, -0.25) is 4.79 Å². The van der Waals surface area contributed by atoms with Crippen LogP contribution in [0, 0.1) is 0 Å². The van der Waals surface area contributed by atoms with E-state index in [4.69, 9.17) is 11.6 Å². The first-order valence-corrected chi connectivity index (χ1v) is 8.00. The molecule has 126 valence electrons. The molecule has 2 aromatic carbocycles. The fourth-order valence-electron chi connectivity index (χ4n) is 2.25. The molecule has 1 heterocycles. The zero-order chi connectivity index (χ0) is 17.8. The van der Waals surface area contributed by atoms with Crippen molar-refractivity contribution in [3.63, 3.8) is 0 Å². The second-order valence-corrected chi connectivity index (χ2v) is 5.84. The Balaban J connectivity index is 1.81. The van der Waals surface area contributed by atoms with Crippen LogP contribution in [0.25, 0.3) is 11.3 Å². The van der Waals surface area contributed by atoms with Gasteiger partial charge in [-0.25, -0.2) is 9.48 Å². The van der Waals surface area contributed by atoms with Crippen molar-refractivity contribution < 1.29 is 4.79 Å². The van der Waals surface area contributed by atoms with Gasteiger partial charge in [-0.05, 0) is 31.2 Å². The minimum atomic E-state index is -0.792. The van der Waals surface area contributed by atoms with Gasteiger partial charge in [0.2, 0.25) is 5.91 Å². The van der Waals surface area contributed by atoms with Crippen molar-refractivity contribution in [1.29, 1.82) is 0 Å². The lowest BCUT2D eigenvalue weighted by molar-refractivity contribution is -0.119. The maximum absolute atomic E-state index is 12.3. The maximum Gasteiger partial charge on any atom is 0.365 e. The van der Waals surface area contributed by atoms with Gasteiger partial charge in [0, 0.05) is 16.3 Å². The Labute approximate surface area is 149 Å². The third-order valence-corrected chi connectivity index (χ3v) is 3.90. The molecular weight excluding hydrogens is 340 g/mol. The molecule has 3 aromatic rings.